The van der Waals surface area contributed by atoms with Gasteiger partial charge in [0.1, 0.15) is 5.69 Å². The van der Waals surface area contributed by atoms with Crippen molar-refractivity contribution < 1.29 is 4.79 Å². The van der Waals surface area contributed by atoms with Crippen LogP contribution in [0.1, 0.15) is 10.5 Å². The van der Waals surface area contributed by atoms with Gasteiger partial charge in [0.15, 0.2) is 0 Å². The van der Waals surface area contributed by atoms with Gasteiger partial charge in [-0.1, -0.05) is 41.7 Å². The predicted molar refractivity (Wildman–Crippen MR) is 58.9 cm³/mol. The van der Waals surface area contributed by atoms with Crippen molar-refractivity contribution in [2.45, 2.75) is 0 Å². The number of carbonyl (C=O) groups excluding carboxylic acids is 1. The fourth-order valence-corrected chi connectivity index (χ4v) is 2.14. The summed E-state index contributed by atoms with van der Waals surface area (Å²) in [5.41, 5.74) is 6.15. The summed E-state index contributed by atoms with van der Waals surface area (Å²) in [6.07, 6.45) is 0. The van der Waals surface area contributed by atoms with Crippen molar-refractivity contribution in [2.24, 2.45) is 5.73 Å². The summed E-state index contributed by atoms with van der Waals surface area (Å²) in [4.78, 5) is 25.0. The average Bonchev–Trinajstić information content (AvgIpc) is 2.62. The highest BCUT2D eigenvalue weighted by Crippen LogP contribution is 2.24. The number of thiazole rings is 1. The first-order valence-corrected chi connectivity index (χ1v) is 5.08. The number of nitrogens with two attached hydrogens (primary N) is 1. The van der Waals surface area contributed by atoms with Gasteiger partial charge in [0.05, 0.1) is 4.88 Å². The third-order valence-corrected chi connectivity index (χ3v) is 2.86. The molecule has 0 radical (unpaired) electrons. The summed E-state index contributed by atoms with van der Waals surface area (Å²) in [6, 6.07) is 9.19. The Balaban J connectivity index is 2.63. The van der Waals surface area contributed by atoms with E-state index in [0.717, 1.165) is 16.9 Å². The van der Waals surface area contributed by atoms with E-state index in [-0.39, 0.29) is 10.6 Å². The normalized spacial score (nSPS) is 10.1. The largest absolute Gasteiger partial charge is 0.364 e. The van der Waals surface area contributed by atoms with Gasteiger partial charge in [-0.3, -0.25) is 9.59 Å². The van der Waals surface area contributed by atoms with E-state index in [9.17, 15) is 9.59 Å². The highest BCUT2D eigenvalue weighted by Gasteiger charge is 2.13. The fourth-order valence-electron chi connectivity index (χ4n) is 1.29. The van der Waals surface area contributed by atoms with Crippen LogP contribution in [0, 0.1) is 0 Å². The van der Waals surface area contributed by atoms with E-state index in [0.29, 0.717) is 4.88 Å². The van der Waals surface area contributed by atoms with Crippen LogP contribution in [0.3, 0.4) is 0 Å². The second kappa shape index (κ2) is 3.70. The third-order valence-electron chi connectivity index (χ3n) is 1.93. The minimum atomic E-state index is -0.618. The lowest BCUT2D eigenvalue weighted by atomic mass is 10.1. The molecule has 2 aromatic rings. The number of carbonyl (C=O) groups is 1. The summed E-state index contributed by atoms with van der Waals surface area (Å²) in [5.74, 6) is -0.618. The zero-order valence-electron chi connectivity index (χ0n) is 7.69. The van der Waals surface area contributed by atoms with Crippen LogP contribution in [0.4, 0.5) is 0 Å². The monoisotopic (exact) mass is 220 g/mol. The molecule has 0 saturated carbocycles. The van der Waals surface area contributed by atoms with E-state index in [1.807, 2.05) is 30.3 Å². The number of aromatic nitrogens is 1. The molecule has 0 saturated heterocycles. The van der Waals surface area contributed by atoms with Crippen molar-refractivity contribution in [1.29, 1.82) is 0 Å². The maximum absolute atomic E-state index is 11.1. The van der Waals surface area contributed by atoms with Crippen molar-refractivity contribution in [3.8, 4) is 10.4 Å². The van der Waals surface area contributed by atoms with Gasteiger partial charge in [-0.25, -0.2) is 0 Å². The predicted octanol–water partition coefficient (Wildman–Crippen LogP) is 1.20. The lowest BCUT2D eigenvalue weighted by Gasteiger charge is -1.98. The number of hydrogen-bond acceptors (Lipinski definition) is 3. The molecule has 4 nitrogen and oxygen atoms in total. The molecule has 1 amide bonds. The van der Waals surface area contributed by atoms with E-state index >= 15 is 0 Å². The number of rotatable bonds is 2. The Morgan fingerprint density at radius 2 is 1.93 bits per heavy atom. The summed E-state index contributed by atoms with van der Waals surface area (Å²) >= 11 is 0.984. The van der Waals surface area contributed by atoms with Crippen LogP contribution < -0.4 is 10.6 Å². The molecule has 0 spiro atoms. The molecular formula is C10H8N2O2S. The zero-order valence-corrected chi connectivity index (χ0v) is 8.51. The maximum atomic E-state index is 11.1. The molecule has 15 heavy (non-hydrogen) atoms. The molecule has 1 aromatic carbocycles. The van der Waals surface area contributed by atoms with Crippen LogP contribution >= 0.6 is 11.3 Å². The Hall–Kier alpha value is -1.88. The van der Waals surface area contributed by atoms with Crippen molar-refractivity contribution in [3.05, 3.63) is 45.7 Å². The molecule has 1 heterocycles. The van der Waals surface area contributed by atoms with Gasteiger partial charge in [0.25, 0.3) is 5.91 Å². The third kappa shape index (κ3) is 1.82. The van der Waals surface area contributed by atoms with Gasteiger partial charge < -0.3 is 10.7 Å². The fraction of sp³-hybridized carbons (Fsp3) is 0. The topological polar surface area (TPSA) is 76.0 Å². The van der Waals surface area contributed by atoms with Gasteiger partial charge in [-0.05, 0) is 5.56 Å². The van der Waals surface area contributed by atoms with E-state index in [2.05, 4.69) is 4.98 Å². The van der Waals surface area contributed by atoms with Crippen LogP contribution in [0.2, 0.25) is 0 Å². The van der Waals surface area contributed by atoms with Crippen LogP contribution in [0.25, 0.3) is 10.4 Å². The number of benzene rings is 1. The highest BCUT2D eigenvalue weighted by molar-refractivity contribution is 7.13. The number of amides is 1. The molecule has 0 aliphatic heterocycles. The van der Waals surface area contributed by atoms with Crippen molar-refractivity contribution in [3.63, 3.8) is 0 Å². The van der Waals surface area contributed by atoms with Gasteiger partial charge in [0, 0.05) is 0 Å². The smallest absolute Gasteiger partial charge is 0.305 e. The van der Waals surface area contributed by atoms with Crippen molar-refractivity contribution in [2.75, 3.05) is 0 Å². The molecule has 3 N–H and O–H groups in total. The Morgan fingerprint density at radius 1 is 1.27 bits per heavy atom. The van der Waals surface area contributed by atoms with Gasteiger partial charge >= 0.3 is 4.87 Å². The summed E-state index contributed by atoms with van der Waals surface area (Å²) in [6.45, 7) is 0. The SMILES string of the molecule is NC(=O)c1[nH]c(=O)sc1-c1ccccc1. The molecule has 0 atom stereocenters. The lowest BCUT2D eigenvalue weighted by Crippen LogP contribution is -2.13. The average molecular weight is 220 g/mol. The van der Waals surface area contributed by atoms with E-state index < -0.39 is 5.91 Å². The standard InChI is InChI=1S/C10H8N2O2S/c11-9(13)7-8(15-10(14)12-7)6-4-2-1-3-5-6/h1-5H,(H2,11,13)(H,12,14). The molecule has 0 bridgehead atoms. The number of aromatic amines is 1. The molecule has 2 rings (SSSR count). The molecule has 0 fully saturated rings. The van der Waals surface area contributed by atoms with Gasteiger partial charge in [-0.15, -0.1) is 0 Å². The van der Waals surface area contributed by atoms with E-state index in [1.54, 1.807) is 0 Å². The van der Waals surface area contributed by atoms with Crippen LogP contribution in [0.15, 0.2) is 35.1 Å². The maximum Gasteiger partial charge on any atom is 0.305 e. The Labute approximate surface area is 89.4 Å². The molecular weight excluding hydrogens is 212 g/mol. The Kier molecular flexibility index (Phi) is 2.39. The van der Waals surface area contributed by atoms with E-state index in [1.165, 1.54) is 0 Å². The van der Waals surface area contributed by atoms with Crippen molar-refractivity contribution >= 4 is 17.2 Å². The first-order chi connectivity index (χ1) is 7.18. The van der Waals surface area contributed by atoms with Gasteiger partial charge in [0.2, 0.25) is 0 Å². The molecule has 0 aliphatic carbocycles. The molecule has 1 aromatic heterocycles. The minimum absolute atomic E-state index is 0.177. The summed E-state index contributed by atoms with van der Waals surface area (Å²) in [7, 11) is 0. The number of hydrogen-bond donors (Lipinski definition) is 2. The van der Waals surface area contributed by atoms with Crippen LogP contribution in [-0.4, -0.2) is 10.9 Å². The summed E-state index contributed by atoms with van der Waals surface area (Å²) < 4.78 is 0. The first kappa shape index (κ1) is 9.67. The Bertz CT molecular complexity index is 542. The van der Waals surface area contributed by atoms with Crippen LogP contribution in [-0.2, 0) is 0 Å². The second-order valence-corrected chi connectivity index (χ2v) is 3.93. The molecule has 5 heteroatoms. The zero-order chi connectivity index (χ0) is 10.8. The highest BCUT2D eigenvalue weighted by atomic mass is 32.1. The molecule has 0 aliphatic rings. The number of primary amides is 1. The minimum Gasteiger partial charge on any atom is -0.364 e. The second-order valence-electron chi connectivity index (χ2n) is 2.95. The lowest BCUT2D eigenvalue weighted by molar-refractivity contribution is 0.0996. The summed E-state index contributed by atoms with van der Waals surface area (Å²) in [5, 5.41) is 0. The first-order valence-electron chi connectivity index (χ1n) is 4.27. The van der Waals surface area contributed by atoms with Gasteiger partial charge in [-0.2, -0.15) is 0 Å². The number of H-pyrrole nitrogens is 1. The Morgan fingerprint density at radius 3 is 2.53 bits per heavy atom. The van der Waals surface area contributed by atoms with Crippen LogP contribution in [0.5, 0.6) is 0 Å². The van der Waals surface area contributed by atoms with Crippen molar-refractivity contribution in [1.82, 2.24) is 4.98 Å². The molecule has 0 unspecified atom stereocenters. The quantitative estimate of drug-likeness (QED) is 0.797. The molecule has 76 valence electrons. The number of nitrogens with one attached hydrogen (secondary N) is 1. The van der Waals surface area contributed by atoms with E-state index in [4.69, 9.17) is 5.73 Å².